The van der Waals surface area contributed by atoms with Crippen molar-refractivity contribution in [3.05, 3.63) is 11.8 Å². The fraction of sp³-hybridized carbons (Fsp3) is 0.714. The summed E-state index contributed by atoms with van der Waals surface area (Å²) < 4.78 is 0. The fourth-order valence-corrected chi connectivity index (χ4v) is 0.604. The van der Waals surface area contributed by atoms with Gasteiger partial charge in [0.1, 0.15) is 0 Å². The lowest BCUT2D eigenvalue weighted by molar-refractivity contribution is 0.768. The van der Waals surface area contributed by atoms with Crippen LogP contribution in [0.15, 0.2) is 11.8 Å². The molecule has 0 spiro atoms. The molecule has 0 aromatic heterocycles. The van der Waals surface area contributed by atoms with Crippen LogP contribution in [0.5, 0.6) is 0 Å². The smallest absolute Gasteiger partial charge is 0.0348 e. The number of allylic oxidation sites excluding steroid dienone is 1. The second-order valence-corrected chi connectivity index (χ2v) is 1.97. The van der Waals surface area contributed by atoms with Gasteiger partial charge in [-0.15, -0.1) is 0 Å². The van der Waals surface area contributed by atoms with E-state index in [2.05, 4.69) is 19.2 Å². The second kappa shape index (κ2) is 5.63. The molecule has 0 aromatic carbocycles. The third-order valence-electron chi connectivity index (χ3n) is 1.05. The predicted octanol–water partition coefficient (Wildman–Crippen LogP) is 0.849. The van der Waals surface area contributed by atoms with E-state index in [0.29, 0.717) is 0 Å². The second-order valence-electron chi connectivity index (χ2n) is 1.97. The maximum atomic E-state index is 5.57. The molecule has 0 aromatic rings. The van der Waals surface area contributed by atoms with Crippen molar-refractivity contribution in [3.63, 3.8) is 0 Å². The molecule has 0 aliphatic carbocycles. The van der Waals surface area contributed by atoms with Gasteiger partial charge in [-0.25, -0.2) is 0 Å². The quantitative estimate of drug-likeness (QED) is 0.589. The SMILES string of the molecule is CC/C=C(\N)CNCC. The topological polar surface area (TPSA) is 38.0 Å². The predicted molar refractivity (Wildman–Crippen MR) is 41.1 cm³/mol. The van der Waals surface area contributed by atoms with Crippen molar-refractivity contribution >= 4 is 0 Å². The Kier molecular flexibility index (Phi) is 5.32. The van der Waals surface area contributed by atoms with Gasteiger partial charge in [-0.1, -0.05) is 19.9 Å². The monoisotopic (exact) mass is 128 g/mol. The van der Waals surface area contributed by atoms with Gasteiger partial charge in [-0.2, -0.15) is 0 Å². The molecule has 3 N–H and O–H groups in total. The molecule has 54 valence electrons. The van der Waals surface area contributed by atoms with Crippen LogP contribution in [0.2, 0.25) is 0 Å². The van der Waals surface area contributed by atoms with Crippen molar-refractivity contribution in [1.82, 2.24) is 5.32 Å². The van der Waals surface area contributed by atoms with E-state index in [4.69, 9.17) is 5.73 Å². The third-order valence-corrected chi connectivity index (χ3v) is 1.05. The summed E-state index contributed by atoms with van der Waals surface area (Å²) in [6, 6.07) is 0. The van der Waals surface area contributed by atoms with Gasteiger partial charge in [-0.3, -0.25) is 0 Å². The fourth-order valence-electron chi connectivity index (χ4n) is 0.604. The average molecular weight is 128 g/mol. The van der Waals surface area contributed by atoms with E-state index in [1.54, 1.807) is 0 Å². The van der Waals surface area contributed by atoms with Crippen LogP contribution in [0.1, 0.15) is 20.3 Å². The Morgan fingerprint density at radius 2 is 2.22 bits per heavy atom. The first-order valence-corrected chi connectivity index (χ1v) is 3.46. The first-order chi connectivity index (χ1) is 4.31. The van der Waals surface area contributed by atoms with Gasteiger partial charge in [0.15, 0.2) is 0 Å². The van der Waals surface area contributed by atoms with Crippen LogP contribution in [0.3, 0.4) is 0 Å². The molecule has 0 atom stereocenters. The Balaban J connectivity index is 3.25. The summed E-state index contributed by atoms with van der Waals surface area (Å²) in [6.45, 7) is 5.96. The van der Waals surface area contributed by atoms with Crippen molar-refractivity contribution in [1.29, 1.82) is 0 Å². The number of rotatable bonds is 4. The highest BCUT2D eigenvalue weighted by atomic mass is 14.9. The van der Waals surface area contributed by atoms with Gasteiger partial charge in [0.2, 0.25) is 0 Å². The zero-order chi connectivity index (χ0) is 7.11. The molecule has 2 nitrogen and oxygen atoms in total. The van der Waals surface area contributed by atoms with Gasteiger partial charge < -0.3 is 11.1 Å². The van der Waals surface area contributed by atoms with E-state index in [-0.39, 0.29) is 0 Å². The first-order valence-electron chi connectivity index (χ1n) is 3.46. The molecule has 0 rings (SSSR count). The van der Waals surface area contributed by atoms with E-state index in [1.165, 1.54) is 0 Å². The molecule has 0 amide bonds. The Bertz CT molecular complexity index is 86.9. The summed E-state index contributed by atoms with van der Waals surface area (Å²) >= 11 is 0. The summed E-state index contributed by atoms with van der Waals surface area (Å²) in [5, 5.41) is 3.14. The highest BCUT2D eigenvalue weighted by Crippen LogP contribution is 1.84. The highest BCUT2D eigenvalue weighted by Gasteiger charge is 1.84. The van der Waals surface area contributed by atoms with Gasteiger partial charge in [0.25, 0.3) is 0 Å². The number of likely N-dealkylation sites (N-methyl/N-ethyl adjacent to an activating group) is 1. The van der Waals surface area contributed by atoms with Crippen molar-refractivity contribution in [2.24, 2.45) is 5.73 Å². The molecule has 0 radical (unpaired) electrons. The molecule has 0 fully saturated rings. The minimum absolute atomic E-state index is 0.824. The lowest BCUT2D eigenvalue weighted by Gasteiger charge is -1.99. The molecule has 0 saturated carbocycles. The van der Waals surface area contributed by atoms with Crippen LogP contribution in [-0.2, 0) is 0 Å². The van der Waals surface area contributed by atoms with Crippen LogP contribution in [0.25, 0.3) is 0 Å². The molecule has 9 heavy (non-hydrogen) atoms. The molecule has 0 bridgehead atoms. The van der Waals surface area contributed by atoms with Crippen molar-refractivity contribution in [2.75, 3.05) is 13.1 Å². The Labute approximate surface area is 57.1 Å². The number of nitrogens with one attached hydrogen (secondary N) is 1. The maximum absolute atomic E-state index is 5.57. The maximum Gasteiger partial charge on any atom is 0.0348 e. The Morgan fingerprint density at radius 1 is 1.56 bits per heavy atom. The molecular formula is C7H16N2. The Morgan fingerprint density at radius 3 is 2.67 bits per heavy atom. The van der Waals surface area contributed by atoms with Crippen LogP contribution < -0.4 is 11.1 Å². The van der Waals surface area contributed by atoms with E-state index >= 15 is 0 Å². The molecular weight excluding hydrogens is 112 g/mol. The largest absolute Gasteiger partial charge is 0.401 e. The minimum atomic E-state index is 0.824. The molecule has 0 aliphatic rings. The van der Waals surface area contributed by atoms with Crippen LogP contribution in [-0.4, -0.2) is 13.1 Å². The van der Waals surface area contributed by atoms with Gasteiger partial charge >= 0.3 is 0 Å². The van der Waals surface area contributed by atoms with Crippen molar-refractivity contribution in [3.8, 4) is 0 Å². The lowest BCUT2D eigenvalue weighted by atomic mass is 10.3. The Hall–Kier alpha value is -0.500. The van der Waals surface area contributed by atoms with Crippen molar-refractivity contribution < 1.29 is 0 Å². The van der Waals surface area contributed by atoms with Gasteiger partial charge in [0, 0.05) is 12.2 Å². The van der Waals surface area contributed by atoms with Crippen LogP contribution in [0, 0.1) is 0 Å². The molecule has 0 heterocycles. The summed E-state index contributed by atoms with van der Waals surface area (Å²) in [6.07, 6.45) is 3.06. The number of hydrogen-bond donors (Lipinski definition) is 2. The molecule has 0 aliphatic heterocycles. The summed E-state index contributed by atoms with van der Waals surface area (Å²) in [5.41, 5.74) is 6.51. The lowest BCUT2D eigenvalue weighted by Crippen LogP contribution is -2.20. The summed E-state index contributed by atoms with van der Waals surface area (Å²) in [5.74, 6) is 0. The van der Waals surface area contributed by atoms with E-state index < -0.39 is 0 Å². The standard InChI is InChI=1S/C7H16N2/c1-3-5-7(8)6-9-4-2/h5,9H,3-4,6,8H2,1-2H3/b7-5-. The summed E-state index contributed by atoms with van der Waals surface area (Å²) in [4.78, 5) is 0. The molecule has 2 heteroatoms. The van der Waals surface area contributed by atoms with Gasteiger partial charge in [0.05, 0.1) is 0 Å². The van der Waals surface area contributed by atoms with E-state index in [9.17, 15) is 0 Å². The number of hydrogen-bond acceptors (Lipinski definition) is 2. The molecule has 0 unspecified atom stereocenters. The van der Waals surface area contributed by atoms with Crippen LogP contribution in [0.4, 0.5) is 0 Å². The van der Waals surface area contributed by atoms with E-state index in [0.717, 1.165) is 25.2 Å². The number of nitrogens with two attached hydrogens (primary N) is 1. The zero-order valence-electron chi connectivity index (χ0n) is 6.28. The normalized spacial score (nSPS) is 12.0. The van der Waals surface area contributed by atoms with Crippen LogP contribution >= 0.6 is 0 Å². The van der Waals surface area contributed by atoms with E-state index in [1.807, 2.05) is 6.08 Å². The molecule has 0 saturated heterocycles. The minimum Gasteiger partial charge on any atom is -0.401 e. The zero-order valence-corrected chi connectivity index (χ0v) is 6.28. The van der Waals surface area contributed by atoms with Crippen molar-refractivity contribution in [2.45, 2.75) is 20.3 Å². The highest BCUT2D eigenvalue weighted by molar-refractivity contribution is 4.97. The first kappa shape index (κ1) is 8.50. The van der Waals surface area contributed by atoms with Gasteiger partial charge in [-0.05, 0) is 13.0 Å². The third kappa shape index (κ3) is 5.37. The average Bonchev–Trinajstić information content (AvgIpc) is 1.85. The summed E-state index contributed by atoms with van der Waals surface area (Å²) in [7, 11) is 0.